The molecule has 0 radical (unpaired) electrons. The zero-order valence-corrected chi connectivity index (χ0v) is 27.7. The van der Waals surface area contributed by atoms with Gasteiger partial charge >= 0.3 is 6.03 Å². The average Bonchev–Trinajstić information content (AvgIpc) is 3.50. The average molecular weight is 651 g/mol. The minimum absolute atomic E-state index is 0.101. The number of carbonyl (C=O) groups is 1. The Morgan fingerprint density at radius 1 is 0.870 bits per heavy atom. The first-order valence-electron chi connectivity index (χ1n) is 16.0. The molecule has 4 aromatic rings. The van der Waals surface area contributed by atoms with Crippen molar-refractivity contribution in [2.24, 2.45) is 0 Å². The Bertz CT molecular complexity index is 1480. The molecule has 0 bridgehead atoms. The van der Waals surface area contributed by atoms with E-state index in [4.69, 9.17) is 14.5 Å². The first-order valence-corrected chi connectivity index (χ1v) is 16.9. The molecule has 246 valence electrons. The van der Waals surface area contributed by atoms with E-state index in [1.165, 1.54) is 17.0 Å². The van der Waals surface area contributed by atoms with Crippen molar-refractivity contribution in [3.8, 4) is 34.0 Å². The number of rotatable bonds is 18. The molecule has 7 nitrogen and oxygen atoms in total. The number of nitrogens with zero attached hydrogens (tertiary/aromatic N) is 2. The van der Waals surface area contributed by atoms with Gasteiger partial charge in [0, 0.05) is 36.0 Å². The molecular weight excluding hydrogens is 606 g/mol. The minimum Gasteiger partial charge on any atom is -0.496 e. The zero-order valence-electron chi connectivity index (χ0n) is 26.9. The van der Waals surface area contributed by atoms with Crippen LogP contribution in [0, 0.1) is 11.6 Å². The van der Waals surface area contributed by atoms with Gasteiger partial charge in [-0.1, -0.05) is 75.1 Å². The summed E-state index contributed by atoms with van der Waals surface area (Å²) in [5.74, 6) is 0.924. The number of imidazole rings is 1. The van der Waals surface area contributed by atoms with Crippen molar-refractivity contribution >= 4 is 23.5 Å². The third kappa shape index (κ3) is 9.48. The number of hydrogen-bond donors (Lipinski definition) is 2. The summed E-state index contributed by atoms with van der Waals surface area (Å²) in [6.07, 6.45) is 7.61. The number of H-pyrrole nitrogens is 1. The van der Waals surface area contributed by atoms with Crippen LogP contribution in [0.4, 0.5) is 19.3 Å². The second kappa shape index (κ2) is 18.2. The summed E-state index contributed by atoms with van der Waals surface area (Å²) >= 11 is 1.64. The van der Waals surface area contributed by atoms with Crippen LogP contribution in [-0.4, -0.2) is 49.1 Å². The molecule has 0 aliphatic heterocycles. The van der Waals surface area contributed by atoms with Crippen molar-refractivity contribution in [3.63, 3.8) is 0 Å². The molecule has 0 atom stereocenters. The summed E-state index contributed by atoms with van der Waals surface area (Å²) in [6.45, 7) is 2.99. The fraction of sp³-hybridized carbons (Fsp3) is 0.389. The first-order chi connectivity index (χ1) is 22.5. The Morgan fingerprint density at radius 3 is 2.26 bits per heavy atom. The summed E-state index contributed by atoms with van der Waals surface area (Å²) in [5.41, 5.74) is 3.56. The number of para-hydroxylation sites is 2. The topological polar surface area (TPSA) is 79.5 Å². The largest absolute Gasteiger partial charge is 0.496 e. The molecule has 2 N–H and O–H groups in total. The van der Waals surface area contributed by atoms with E-state index in [-0.39, 0.29) is 11.7 Å². The van der Waals surface area contributed by atoms with Gasteiger partial charge in [-0.2, -0.15) is 0 Å². The van der Waals surface area contributed by atoms with E-state index in [2.05, 4.69) is 17.2 Å². The Labute approximate surface area is 275 Å². The van der Waals surface area contributed by atoms with Gasteiger partial charge in [0.1, 0.15) is 28.8 Å². The van der Waals surface area contributed by atoms with Gasteiger partial charge in [0.15, 0.2) is 5.16 Å². The molecule has 0 unspecified atom stereocenters. The monoisotopic (exact) mass is 650 g/mol. The smallest absolute Gasteiger partial charge is 0.321 e. The lowest BCUT2D eigenvalue weighted by molar-refractivity contribution is 0.245. The van der Waals surface area contributed by atoms with E-state index in [0.717, 1.165) is 102 Å². The van der Waals surface area contributed by atoms with Crippen molar-refractivity contribution in [1.29, 1.82) is 0 Å². The van der Waals surface area contributed by atoms with E-state index >= 15 is 0 Å². The van der Waals surface area contributed by atoms with Gasteiger partial charge in [-0.3, -0.25) is 4.90 Å². The third-order valence-electron chi connectivity index (χ3n) is 7.69. The lowest BCUT2D eigenvalue weighted by atomic mass is 10.0. The number of nitrogens with one attached hydrogen (secondary N) is 2. The van der Waals surface area contributed by atoms with Crippen LogP contribution in [0.2, 0.25) is 0 Å². The fourth-order valence-corrected chi connectivity index (χ4v) is 6.14. The first kappa shape index (κ1) is 34.8. The number of carbonyl (C=O) groups excluding carboxylic acids is 1. The summed E-state index contributed by atoms with van der Waals surface area (Å²) in [6, 6.07) is 18.6. The van der Waals surface area contributed by atoms with Crippen LogP contribution >= 0.6 is 11.8 Å². The number of thioether (sulfide) groups is 1. The van der Waals surface area contributed by atoms with Crippen molar-refractivity contribution in [3.05, 3.63) is 78.4 Å². The number of aromatic amines is 1. The van der Waals surface area contributed by atoms with Crippen LogP contribution in [0.15, 0.2) is 71.9 Å². The molecule has 10 heteroatoms. The molecule has 0 aliphatic rings. The van der Waals surface area contributed by atoms with Gasteiger partial charge in [0.2, 0.25) is 0 Å². The lowest BCUT2D eigenvalue weighted by Crippen LogP contribution is -2.41. The van der Waals surface area contributed by atoms with E-state index in [1.54, 1.807) is 26.0 Å². The Balaban J connectivity index is 1.32. The van der Waals surface area contributed by atoms with Crippen molar-refractivity contribution in [2.45, 2.75) is 63.4 Å². The highest BCUT2D eigenvalue weighted by Gasteiger charge is 2.21. The van der Waals surface area contributed by atoms with Crippen molar-refractivity contribution in [1.82, 2.24) is 15.3 Å². The number of urea groups is 1. The number of anilines is 1. The Morgan fingerprint density at radius 2 is 1.54 bits per heavy atom. The Kier molecular flexibility index (Phi) is 13.8. The normalized spacial score (nSPS) is 11.0. The summed E-state index contributed by atoms with van der Waals surface area (Å²) in [4.78, 5) is 22.9. The van der Waals surface area contributed by atoms with E-state index in [0.29, 0.717) is 13.1 Å². The standard InChI is InChI=1S/C36H44F2N4O3S/c1-4-5-6-7-14-23-42(30-21-20-26(37)25-29(30)38)36(43)39-22-13-8-15-24-46-35-40-33(27-16-9-11-18-31(27)44-2)34(41-35)28-17-10-12-19-32(28)45-3/h9-12,16-21,25H,4-8,13-15,22-24H2,1-3H3,(H,39,43)(H,40,41). The van der Waals surface area contributed by atoms with Crippen LogP contribution in [0.1, 0.15) is 58.3 Å². The molecule has 2 amide bonds. The zero-order chi connectivity index (χ0) is 32.7. The number of amides is 2. The number of unbranched alkanes of at least 4 members (excludes halogenated alkanes) is 6. The summed E-state index contributed by atoms with van der Waals surface area (Å²) < 4.78 is 39.4. The number of halogens is 2. The van der Waals surface area contributed by atoms with Crippen molar-refractivity contribution < 1.29 is 23.0 Å². The van der Waals surface area contributed by atoms with Crippen LogP contribution in [0.3, 0.4) is 0 Å². The highest BCUT2D eigenvalue weighted by atomic mass is 32.2. The predicted molar refractivity (Wildman–Crippen MR) is 183 cm³/mol. The van der Waals surface area contributed by atoms with E-state index in [1.807, 2.05) is 48.5 Å². The molecule has 0 saturated heterocycles. The van der Waals surface area contributed by atoms with Gasteiger partial charge < -0.3 is 19.8 Å². The van der Waals surface area contributed by atoms with Crippen LogP contribution in [0.5, 0.6) is 11.5 Å². The molecule has 4 rings (SSSR count). The van der Waals surface area contributed by atoms with Gasteiger partial charge in [-0.05, 0) is 55.7 Å². The second-order valence-electron chi connectivity index (χ2n) is 11.0. The Hall–Kier alpha value is -4.05. The number of benzene rings is 3. The van der Waals surface area contributed by atoms with Gasteiger partial charge in [-0.25, -0.2) is 18.6 Å². The number of aromatic nitrogens is 2. The quantitative estimate of drug-likeness (QED) is 0.0829. The highest BCUT2D eigenvalue weighted by molar-refractivity contribution is 7.99. The maximum absolute atomic E-state index is 14.6. The van der Waals surface area contributed by atoms with Gasteiger partial charge in [0.05, 0.1) is 25.6 Å². The molecule has 0 saturated carbocycles. The van der Waals surface area contributed by atoms with Crippen LogP contribution in [0.25, 0.3) is 22.5 Å². The highest BCUT2D eigenvalue weighted by Crippen LogP contribution is 2.40. The summed E-state index contributed by atoms with van der Waals surface area (Å²) in [5, 5.41) is 3.73. The van der Waals surface area contributed by atoms with Gasteiger partial charge in [-0.15, -0.1) is 0 Å². The fourth-order valence-electron chi connectivity index (χ4n) is 5.27. The number of methoxy groups -OCH3 is 2. The molecule has 0 fully saturated rings. The molecule has 0 aliphatic carbocycles. The minimum atomic E-state index is -0.735. The molecular formula is C36H44F2N4O3S. The predicted octanol–water partition coefficient (Wildman–Crippen LogP) is 9.49. The SMILES string of the molecule is CCCCCCCN(C(=O)NCCCCCSc1nc(-c2ccccc2OC)c(-c2ccccc2OC)[nH]1)c1ccc(F)cc1F. The maximum Gasteiger partial charge on any atom is 0.321 e. The van der Waals surface area contributed by atoms with Crippen molar-refractivity contribution in [2.75, 3.05) is 38.0 Å². The molecule has 0 spiro atoms. The van der Waals surface area contributed by atoms with Crippen LogP contribution < -0.4 is 19.7 Å². The summed E-state index contributed by atoms with van der Waals surface area (Å²) in [7, 11) is 3.31. The number of ether oxygens (including phenoxy) is 2. The molecule has 46 heavy (non-hydrogen) atoms. The molecule has 1 heterocycles. The van der Waals surface area contributed by atoms with E-state index < -0.39 is 11.6 Å². The third-order valence-corrected chi connectivity index (χ3v) is 8.65. The second-order valence-corrected chi connectivity index (χ2v) is 12.1. The van der Waals surface area contributed by atoms with Crippen LogP contribution in [-0.2, 0) is 0 Å². The van der Waals surface area contributed by atoms with Gasteiger partial charge in [0.25, 0.3) is 0 Å². The van der Waals surface area contributed by atoms with E-state index in [9.17, 15) is 13.6 Å². The molecule has 3 aromatic carbocycles. The molecule has 1 aromatic heterocycles. The lowest BCUT2D eigenvalue weighted by Gasteiger charge is -2.24. The maximum atomic E-state index is 14.6. The number of hydrogen-bond acceptors (Lipinski definition) is 5.